The van der Waals surface area contributed by atoms with E-state index in [2.05, 4.69) is 11.2 Å². The summed E-state index contributed by atoms with van der Waals surface area (Å²) in [5, 5.41) is 13.8. The van der Waals surface area contributed by atoms with Crippen molar-refractivity contribution in [2.24, 2.45) is 0 Å². The van der Waals surface area contributed by atoms with Crippen molar-refractivity contribution in [1.82, 2.24) is 14.7 Å². The van der Waals surface area contributed by atoms with Crippen molar-refractivity contribution < 1.29 is 9.18 Å². The first kappa shape index (κ1) is 18.1. The Balaban J connectivity index is 1.96. The Hall–Kier alpha value is -2.68. The summed E-state index contributed by atoms with van der Waals surface area (Å²) in [6.45, 7) is 6.42. The van der Waals surface area contributed by atoms with Crippen molar-refractivity contribution in [2.75, 3.05) is 13.1 Å². The van der Waals surface area contributed by atoms with Gasteiger partial charge in [0.05, 0.1) is 17.3 Å². The molecule has 1 aliphatic heterocycles. The third-order valence-corrected chi connectivity index (χ3v) is 4.89. The molecule has 0 unspecified atom stereocenters. The first-order valence-electron chi connectivity index (χ1n) is 8.88. The molecular weight excluding hydrogens is 331 g/mol. The molecule has 136 valence electrons. The van der Waals surface area contributed by atoms with E-state index in [0.29, 0.717) is 48.3 Å². The normalized spacial score (nSPS) is 16.5. The number of amides is 1. The number of carbonyl (C=O) groups excluding carboxylic acids is 1. The van der Waals surface area contributed by atoms with Crippen LogP contribution in [0.5, 0.6) is 0 Å². The van der Waals surface area contributed by atoms with Crippen molar-refractivity contribution in [3.63, 3.8) is 0 Å². The fraction of sp³-hybridized carbons (Fsp3) is 0.450. The fourth-order valence-electron chi connectivity index (χ4n) is 3.13. The van der Waals surface area contributed by atoms with Crippen LogP contribution in [0.1, 0.15) is 55.6 Å². The molecule has 2 aromatic rings. The van der Waals surface area contributed by atoms with Crippen molar-refractivity contribution in [2.45, 2.75) is 45.3 Å². The van der Waals surface area contributed by atoms with Gasteiger partial charge in [0.1, 0.15) is 5.67 Å². The molecule has 0 N–H and O–H groups in total. The molecule has 0 bridgehead atoms. The largest absolute Gasteiger partial charge is 0.338 e. The van der Waals surface area contributed by atoms with Crippen LogP contribution < -0.4 is 0 Å². The van der Waals surface area contributed by atoms with E-state index in [1.165, 1.54) is 0 Å². The van der Waals surface area contributed by atoms with E-state index in [1.807, 2.05) is 30.8 Å². The lowest BCUT2D eigenvalue weighted by Gasteiger charge is -2.34. The van der Waals surface area contributed by atoms with Crippen LogP contribution in [0.4, 0.5) is 4.39 Å². The highest BCUT2D eigenvalue weighted by molar-refractivity contribution is 6.00. The van der Waals surface area contributed by atoms with E-state index in [-0.39, 0.29) is 11.9 Å². The lowest BCUT2D eigenvalue weighted by molar-refractivity contribution is 0.0504. The van der Waals surface area contributed by atoms with E-state index < -0.39 is 5.67 Å². The van der Waals surface area contributed by atoms with Gasteiger partial charge in [-0.3, -0.25) is 9.48 Å². The second-order valence-electron chi connectivity index (χ2n) is 7.35. The van der Waals surface area contributed by atoms with Crippen LogP contribution in [0.15, 0.2) is 30.5 Å². The van der Waals surface area contributed by atoms with Gasteiger partial charge in [0.15, 0.2) is 0 Å². The number of alkyl halides is 1. The number of aromatic nitrogens is 2. The molecule has 0 saturated carbocycles. The monoisotopic (exact) mass is 354 g/mol. The number of carbonyl (C=O) groups is 1. The number of rotatable bonds is 3. The maximum absolute atomic E-state index is 14.0. The lowest BCUT2D eigenvalue weighted by Crippen LogP contribution is -2.43. The quantitative estimate of drug-likeness (QED) is 0.838. The average Bonchev–Trinajstić information content (AvgIpc) is 3.11. The van der Waals surface area contributed by atoms with Gasteiger partial charge >= 0.3 is 0 Å². The zero-order chi connectivity index (χ0) is 18.9. The molecule has 2 heterocycles. The van der Waals surface area contributed by atoms with E-state index in [0.717, 1.165) is 0 Å². The summed E-state index contributed by atoms with van der Waals surface area (Å²) >= 11 is 0. The number of likely N-dealkylation sites (tertiary alicyclic amines) is 1. The van der Waals surface area contributed by atoms with E-state index in [1.54, 1.807) is 30.0 Å². The molecule has 1 saturated heterocycles. The van der Waals surface area contributed by atoms with Gasteiger partial charge in [0.2, 0.25) is 0 Å². The minimum atomic E-state index is -1.21. The maximum atomic E-state index is 14.0. The first-order valence-corrected chi connectivity index (χ1v) is 8.88. The van der Waals surface area contributed by atoms with Crippen LogP contribution in [-0.4, -0.2) is 39.3 Å². The molecule has 3 rings (SSSR count). The van der Waals surface area contributed by atoms with Gasteiger partial charge in [0, 0.05) is 36.5 Å². The van der Waals surface area contributed by atoms with Crippen LogP contribution in [0.25, 0.3) is 11.3 Å². The Labute approximate surface area is 153 Å². The number of halogens is 1. The second-order valence-corrected chi connectivity index (χ2v) is 7.35. The Morgan fingerprint density at radius 1 is 1.31 bits per heavy atom. The molecule has 26 heavy (non-hydrogen) atoms. The summed E-state index contributed by atoms with van der Waals surface area (Å²) < 4.78 is 15.9. The number of hydrogen-bond acceptors (Lipinski definition) is 3. The summed E-state index contributed by atoms with van der Waals surface area (Å²) in [7, 11) is 0. The lowest BCUT2D eigenvalue weighted by atomic mass is 9.94. The molecular formula is C20H23FN4O. The average molecular weight is 354 g/mol. The van der Waals surface area contributed by atoms with Crippen LogP contribution in [-0.2, 0) is 0 Å². The Bertz CT molecular complexity index is 853. The molecule has 0 spiro atoms. The molecule has 1 aliphatic rings. The van der Waals surface area contributed by atoms with E-state index in [9.17, 15) is 14.4 Å². The molecule has 1 aromatic heterocycles. The zero-order valence-electron chi connectivity index (χ0n) is 15.4. The smallest absolute Gasteiger partial charge is 0.254 e. The molecule has 1 fully saturated rings. The van der Waals surface area contributed by atoms with Gasteiger partial charge in [0.25, 0.3) is 5.91 Å². The standard InChI is InChI=1S/C20H23FN4O/c1-14(2)25-9-6-18(23-25)17-12-15(13-22)4-5-16(17)19(26)24-10-7-20(3,21)8-11-24/h4-6,9,12,14H,7-8,10-11H2,1-3H3. The highest BCUT2D eigenvalue weighted by Gasteiger charge is 2.32. The minimum Gasteiger partial charge on any atom is -0.338 e. The summed E-state index contributed by atoms with van der Waals surface area (Å²) in [6, 6.07) is 9.17. The van der Waals surface area contributed by atoms with Crippen LogP contribution >= 0.6 is 0 Å². The van der Waals surface area contributed by atoms with Gasteiger partial charge in [-0.05, 0) is 57.9 Å². The summed E-state index contributed by atoms with van der Waals surface area (Å²) in [4.78, 5) is 14.7. The topological polar surface area (TPSA) is 61.9 Å². The number of hydrogen-bond donors (Lipinski definition) is 0. The van der Waals surface area contributed by atoms with Crippen molar-refractivity contribution in [3.8, 4) is 17.3 Å². The predicted molar refractivity (Wildman–Crippen MR) is 97.4 cm³/mol. The summed E-state index contributed by atoms with van der Waals surface area (Å²) in [6.07, 6.45) is 2.54. The molecule has 0 radical (unpaired) electrons. The zero-order valence-corrected chi connectivity index (χ0v) is 15.4. The van der Waals surface area contributed by atoms with Crippen molar-refractivity contribution in [3.05, 3.63) is 41.6 Å². The van der Waals surface area contributed by atoms with Crippen LogP contribution in [0.2, 0.25) is 0 Å². The number of nitrogens with zero attached hydrogens (tertiary/aromatic N) is 4. The SMILES string of the molecule is CC(C)n1ccc(-c2cc(C#N)ccc2C(=O)N2CCC(C)(F)CC2)n1. The van der Waals surface area contributed by atoms with Crippen LogP contribution in [0.3, 0.4) is 0 Å². The van der Waals surface area contributed by atoms with Crippen LogP contribution in [0, 0.1) is 11.3 Å². The number of benzene rings is 1. The summed E-state index contributed by atoms with van der Waals surface area (Å²) in [5.41, 5.74) is 1.07. The third-order valence-electron chi connectivity index (χ3n) is 4.89. The van der Waals surface area contributed by atoms with Gasteiger partial charge in [-0.2, -0.15) is 10.4 Å². The molecule has 1 amide bonds. The van der Waals surface area contributed by atoms with Crippen molar-refractivity contribution in [1.29, 1.82) is 5.26 Å². The number of nitriles is 1. The van der Waals surface area contributed by atoms with E-state index in [4.69, 9.17) is 0 Å². The molecule has 0 atom stereocenters. The Kier molecular flexibility index (Phi) is 4.82. The molecule has 5 nitrogen and oxygen atoms in total. The molecule has 0 aliphatic carbocycles. The summed E-state index contributed by atoms with van der Waals surface area (Å²) in [5.74, 6) is -0.140. The third kappa shape index (κ3) is 3.62. The Morgan fingerprint density at radius 3 is 2.58 bits per heavy atom. The van der Waals surface area contributed by atoms with E-state index >= 15 is 0 Å². The number of piperidine rings is 1. The predicted octanol–water partition coefficient (Wildman–Crippen LogP) is 3.97. The minimum absolute atomic E-state index is 0.140. The first-order chi connectivity index (χ1) is 12.3. The van der Waals surface area contributed by atoms with Gasteiger partial charge in [-0.15, -0.1) is 0 Å². The van der Waals surface area contributed by atoms with Gasteiger partial charge < -0.3 is 4.90 Å². The molecule has 6 heteroatoms. The van der Waals surface area contributed by atoms with Gasteiger partial charge in [-0.1, -0.05) is 0 Å². The highest BCUT2D eigenvalue weighted by Crippen LogP contribution is 2.29. The maximum Gasteiger partial charge on any atom is 0.254 e. The molecule has 1 aromatic carbocycles. The second kappa shape index (κ2) is 6.91. The highest BCUT2D eigenvalue weighted by atomic mass is 19.1. The van der Waals surface area contributed by atoms with Crippen molar-refractivity contribution >= 4 is 5.91 Å². The van der Waals surface area contributed by atoms with Gasteiger partial charge in [-0.25, -0.2) is 4.39 Å². The fourth-order valence-corrected chi connectivity index (χ4v) is 3.13. The Morgan fingerprint density at radius 2 is 2.00 bits per heavy atom.